The third kappa shape index (κ3) is 5.75. The summed E-state index contributed by atoms with van der Waals surface area (Å²) in [6.07, 6.45) is 1.83. The number of methoxy groups -OCH3 is 2. The van der Waals surface area contributed by atoms with Gasteiger partial charge in [-0.05, 0) is 30.5 Å². The number of aromatic nitrogens is 2. The van der Waals surface area contributed by atoms with Crippen LogP contribution >= 0.6 is 24.0 Å². The molecule has 2 rings (SSSR count). The van der Waals surface area contributed by atoms with E-state index in [1.54, 1.807) is 14.2 Å². The van der Waals surface area contributed by atoms with Gasteiger partial charge in [0.1, 0.15) is 0 Å². The second-order valence-corrected chi connectivity index (χ2v) is 5.95. The Hall–Kier alpha value is -1.97. The largest absolute Gasteiger partial charge is 0.493 e. The van der Waals surface area contributed by atoms with Gasteiger partial charge in [0, 0.05) is 24.8 Å². The average Bonchev–Trinajstić information content (AvgIpc) is 2.98. The summed E-state index contributed by atoms with van der Waals surface area (Å²) in [5.74, 6) is 1.79. The Balaban J connectivity index is 0.00000364. The Kier molecular flexibility index (Phi) is 9.40. The van der Waals surface area contributed by atoms with E-state index < -0.39 is 0 Å². The number of nitrogens with zero attached hydrogens (tertiary/aromatic N) is 3. The summed E-state index contributed by atoms with van der Waals surface area (Å²) in [4.78, 5) is 4.42. The second-order valence-electron chi connectivity index (χ2n) is 5.95. The Labute approximate surface area is 178 Å². The third-order valence-corrected chi connectivity index (χ3v) is 4.35. The normalized spacial score (nSPS) is 11.1. The minimum Gasteiger partial charge on any atom is -0.493 e. The number of ether oxygens (including phenoxy) is 2. The van der Waals surface area contributed by atoms with Gasteiger partial charge in [-0.2, -0.15) is 5.10 Å². The van der Waals surface area contributed by atoms with E-state index in [9.17, 15) is 0 Å². The van der Waals surface area contributed by atoms with Crippen molar-refractivity contribution in [1.29, 1.82) is 0 Å². The Morgan fingerprint density at radius 2 is 1.89 bits per heavy atom. The molecular formula is C19H30IN5O2. The first-order valence-corrected chi connectivity index (χ1v) is 8.82. The van der Waals surface area contributed by atoms with Gasteiger partial charge in [-0.1, -0.05) is 19.9 Å². The van der Waals surface area contributed by atoms with Crippen LogP contribution in [0.1, 0.15) is 36.4 Å². The molecule has 0 atom stereocenters. The van der Waals surface area contributed by atoms with Crippen LogP contribution in [0, 0.1) is 0 Å². The maximum absolute atomic E-state index is 6.04. The minimum atomic E-state index is 0. The topological polar surface area (TPSA) is 86.7 Å². The van der Waals surface area contributed by atoms with Crippen LogP contribution in [0.3, 0.4) is 0 Å². The lowest BCUT2D eigenvalue weighted by atomic mass is 10.1. The highest BCUT2D eigenvalue weighted by Crippen LogP contribution is 2.27. The van der Waals surface area contributed by atoms with Gasteiger partial charge in [-0.15, -0.1) is 24.0 Å². The zero-order chi connectivity index (χ0) is 19.1. The van der Waals surface area contributed by atoms with Gasteiger partial charge in [0.2, 0.25) is 0 Å². The predicted molar refractivity (Wildman–Crippen MR) is 119 cm³/mol. The number of hydrogen-bond acceptors (Lipinski definition) is 4. The average molecular weight is 487 g/mol. The molecule has 0 unspecified atom stereocenters. The van der Waals surface area contributed by atoms with Crippen molar-refractivity contribution in [2.75, 3.05) is 14.2 Å². The van der Waals surface area contributed by atoms with E-state index in [1.165, 1.54) is 11.3 Å². The number of hydrogen-bond donors (Lipinski definition) is 2. The van der Waals surface area contributed by atoms with Crippen molar-refractivity contribution in [3.05, 3.63) is 40.7 Å². The molecule has 0 amide bonds. The van der Waals surface area contributed by atoms with E-state index >= 15 is 0 Å². The second kappa shape index (κ2) is 11.0. The molecular weight excluding hydrogens is 457 g/mol. The number of nitrogens with one attached hydrogen (secondary N) is 1. The summed E-state index contributed by atoms with van der Waals surface area (Å²) in [6, 6.07) is 5.72. The number of halogens is 1. The van der Waals surface area contributed by atoms with E-state index in [2.05, 4.69) is 29.3 Å². The summed E-state index contributed by atoms with van der Waals surface area (Å²) in [6.45, 7) is 5.34. The lowest BCUT2D eigenvalue weighted by Crippen LogP contribution is -2.31. The molecule has 0 aliphatic rings. The van der Waals surface area contributed by atoms with Crippen molar-refractivity contribution in [1.82, 2.24) is 15.1 Å². The number of benzene rings is 1. The van der Waals surface area contributed by atoms with Crippen LogP contribution in [0.15, 0.2) is 23.2 Å². The van der Waals surface area contributed by atoms with Gasteiger partial charge in [-0.25, -0.2) is 4.99 Å². The highest BCUT2D eigenvalue weighted by Gasteiger charge is 2.13. The Bertz CT molecular complexity index is 774. The summed E-state index contributed by atoms with van der Waals surface area (Å²) < 4.78 is 12.5. The molecule has 0 radical (unpaired) electrons. The van der Waals surface area contributed by atoms with Gasteiger partial charge >= 0.3 is 0 Å². The fraction of sp³-hybridized carbons (Fsp3) is 0.474. The number of guanidine groups is 1. The highest BCUT2D eigenvalue weighted by atomic mass is 127. The van der Waals surface area contributed by atoms with E-state index in [4.69, 9.17) is 15.2 Å². The van der Waals surface area contributed by atoms with Crippen molar-refractivity contribution in [2.24, 2.45) is 17.8 Å². The molecule has 0 spiro atoms. The van der Waals surface area contributed by atoms with Gasteiger partial charge < -0.3 is 20.5 Å². The van der Waals surface area contributed by atoms with Crippen molar-refractivity contribution in [3.63, 3.8) is 0 Å². The third-order valence-electron chi connectivity index (χ3n) is 4.35. The number of rotatable bonds is 8. The van der Waals surface area contributed by atoms with E-state index in [0.29, 0.717) is 30.5 Å². The molecule has 0 aliphatic heterocycles. The minimum absolute atomic E-state index is 0. The van der Waals surface area contributed by atoms with E-state index in [-0.39, 0.29) is 24.0 Å². The molecule has 27 heavy (non-hydrogen) atoms. The molecule has 0 saturated heterocycles. The van der Waals surface area contributed by atoms with Crippen LogP contribution in [0.2, 0.25) is 0 Å². The molecule has 8 heteroatoms. The van der Waals surface area contributed by atoms with Crippen LogP contribution in [0.5, 0.6) is 11.5 Å². The summed E-state index contributed by atoms with van der Waals surface area (Å²) in [5.41, 5.74) is 10.6. The molecule has 1 heterocycles. The standard InChI is InChI=1S/C19H29N5O2.HI/c1-6-15-14(16(7-2)24(3)23-15)12-22-19(20)21-11-13-8-9-17(25-4)18(10-13)26-5;/h8-10H,6-7,11-12H2,1-5H3,(H3,20,21,22);1H. The fourth-order valence-corrected chi connectivity index (χ4v) is 2.98. The molecule has 0 fully saturated rings. The van der Waals surface area contributed by atoms with Gasteiger partial charge in [0.25, 0.3) is 0 Å². The number of aryl methyl sites for hydroxylation is 2. The number of aliphatic imine (C=N–C) groups is 1. The first-order chi connectivity index (χ1) is 12.5. The maximum atomic E-state index is 6.04. The Morgan fingerprint density at radius 3 is 2.48 bits per heavy atom. The molecule has 7 nitrogen and oxygen atoms in total. The van der Waals surface area contributed by atoms with Gasteiger partial charge in [-0.3, -0.25) is 4.68 Å². The first-order valence-electron chi connectivity index (χ1n) is 8.82. The first kappa shape index (κ1) is 23.1. The fourth-order valence-electron chi connectivity index (χ4n) is 2.98. The van der Waals surface area contributed by atoms with Crippen molar-refractivity contribution in [3.8, 4) is 11.5 Å². The van der Waals surface area contributed by atoms with E-state index in [1.807, 2.05) is 29.9 Å². The Morgan fingerprint density at radius 1 is 1.19 bits per heavy atom. The number of nitrogens with two attached hydrogens (primary N) is 1. The smallest absolute Gasteiger partial charge is 0.189 e. The summed E-state index contributed by atoms with van der Waals surface area (Å²) in [7, 11) is 5.21. The summed E-state index contributed by atoms with van der Waals surface area (Å²) >= 11 is 0. The zero-order valence-corrected chi connectivity index (χ0v) is 19.0. The molecule has 0 saturated carbocycles. The SMILES string of the molecule is CCc1nn(C)c(CC)c1CNC(N)=NCc1ccc(OC)c(OC)c1.I. The lowest BCUT2D eigenvalue weighted by molar-refractivity contribution is 0.354. The van der Waals surface area contributed by atoms with Crippen LogP contribution in [-0.4, -0.2) is 30.0 Å². The molecule has 1 aromatic heterocycles. The highest BCUT2D eigenvalue weighted by molar-refractivity contribution is 14.0. The van der Waals surface area contributed by atoms with E-state index in [0.717, 1.165) is 24.1 Å². The molecule has 2 aromatic rings. The monoisotopic (exact) mass is 487 g/mol. The van der Waals surface area contributed by atoms with Gasteiger partial charge in [0.05, 0.1) is 26.5 Å². The maximum Gasteiger partial charge on any atom is 0.189 e. The molecule has 3 N–H and O–H groups in total. The van der Waals surface area contributed by atoms with Crippen molar-refractivity contribution < 1.29 is 9.47 Å². The van der Waals surface area contributed by atoms with Crippen molar-refractivity contribution in [2.45, 2.75) is 39.8 Å². The predicted octanol–water partition coefficient (Wildman–Crippen LogP) is 2.78. The molecule has 1 aromatic carbocycles. The van der Waals surface area contributed by atoms with Crippen LogP contribution in [0.25, 0.3) is 0 Å². The summed E-state index contributed by atoms with van der Waals surface area (Å²) in [5, 5.41) is 7.78. The lowest BCUT2D eigenvalue weighted by Gasteiger charge is -2.10. The zero-order valence-electron chi connectivity index (χ0n) is 16.7. The van der Waals surface area contributed by atoms with Gasteiger partial charge in [0.15, 0.2) is 17.5 Å². The van der Waals surface area contributed by atoms with Crippen LogP contribution < -0.4 is 20.5 Å². The molecule has 0 aliphatic carbocycles. The molecule has 0 bridgehead atoms. The van der Waals surface area contributed by atoms with Crippen LogP contribution in [-0.2, 0) is 33.0 Å². The van der Waals surface area contributed by atoms with Crippen molar-refractivity contribution >= 4 is 29.9 Å². The van der Waals surface area contributed by atoms with Crippen LogP contribution in [0.4, 0.5) is 0 Å². The quantitative estimate of drug-likeness (QED) is 0.340. The molecule has 150 valence electrons.